The van der Waals surface area contributed by atoms with Gasteiger partial charge in [-0.1, -0.05) is 29.5 Å². The van der Waals surface area contributed by atoms with Gasteiger partial charge in [0.25, 0.3) is 0 Å². The standard InChI is InChI=1S/C13H13FN4OS/c1-2-6-15-12(19)16-13-18-17-11(20-13)8-9-4-3-5-10(14)7-9/h2-5,7H,1,6,8H2,(H2,15,16,18,19). The van der Waals surface area contributed by atoms with Crippen LogP contribution >= 0.6 is 11.3 Å². The lowest BCUT2D eigenvalue weighted by atomic mass is 10.1. The largest absolute Gasteiger partial charge is 0.334 e. The number of carbonyl (C=O) groups excluding carboxylic acids is 1. The van der Waals surface area contributed by atoms with Gasteiger partial charge in [0.15, 0.2) is 0 Å². The molecular formula is C13H13FN4OS. The molecule has 0 bridgehead atoms. The molecule has 2 N–H and O–H groups in total. The highest BCUT2D eigenvalue weighted by Crippen LogP contribution is 2.18. The summed E-state index contributed by atoms with van der Waals surface area (Å²) in [5.74, 6) is -0.283. The molecule has 0 aliphatic rings. The van der Waals surface area contributed by atoms with Crippen molar-refractivity contribution in [2.45, 2.75) is 6.42 Å². The number of hydrogen-bond donors (Lipinski definition) is 2. The van der Waals surface area contributed by atoms with Crippen molar-refractivity contribution in [3.63, 3.8) is 0 Å². The van der Waals surface area contributed by atoms with Crippen molar-refractivity contribution < 1.29 is 9.18 Å². The highest BCUT2D eigenvalue weighted by atomic mass is 32.1. The number of benzene rings is 1. The zero-order valence-electron chi connectivity index (χ0n) is 10.6. The predicted molar refractivity (Wildman–Crippen MR) is 76.3 cm³/mol. The highest BCUT2D eigenvalue weighted by molar-refractivity contribution is 7.15. The predicted octanol–water partition coefficient (Wildman–Crippen LogP) is 2.58. The molecule has 7 heteroatoms. The number of nitrogens with zero attached hydrogens (tertiary/aromatic N) is 2. The summed E-state index contributed by atoms with van der Waals surface area (Å²) in [7, 11) is 0. The van der Waals surface area contributed by atoms with Crippen molar-refractivity contribution in [3.8, 4) is 0 Å². The molecular weight excluding hydrogens is 279 g/mol. The highest BCUT2D eigenvalue weighted by Gasteiger charge is 2.08. The average Bonchev–Trinajstić information content (AvgIpc) is 2.83. The van der Waals surface area contributed by atoms with Crippen LogP contribution in [-0.2, 0) is 6.42 Å². The van der Waals surface area contributed by atoms with Gasteiger partial charge in [0, 0.05) is 13.0 Å². The minimum absolute atomic E-state index is 0.283. The van der Waals surface area contributed by atoms with E-state index in [1.54, 1.807) is 12.1 Å². The van der Waals surface area contributed by atoms with Crippen LogP contribution in [0.25, 0.3) is 0 Å². The normalized spacial score (nSPS) is 10.1. The van der Waals surface area contributed by atoms with Crippen LogP contribution < -0.4 is 10.6 Å². The summed E-state index contributed by atoms with van der Waals surface area (Å²) in [4.78, 5) is 11.4. The second-order valence-corrected chi connectivity index (χ2v) is 4.99. The monoisotopic (exact) mass is 292 g/mol. The van der Waals surface area contributed by atoms with Gasteiger partial charge in [-0.25, -0.2) is 9.18 Å². The van der Waals surface area contributed by atoms with Crippen molar-refractivity contribution >= 4 is 22.5 Å². The van der Waals surface area contributed by atoms with E-state index in [4.69, 9.17) is 0 Å². The van der Waals surface area contributed by atoms with E-state index in [-0.39, 0.29) is 11.8 Å². The molecule has 1 aromatic heterocycles. The van der Waals surface area contributed by atoms with Crippen LogP contribution in [0.3, 0.4) is 0 Å². The summed E-state index contributed by atoms with van der Waals surface area (Å²) >= 11 is 1.25. The smallest absolute Gasteiger partial charge is 0.321 e. The van der Waals surface area contributed by atoms with E-state index < -0.39 is 0 Å². The minimum atomic E-state index is -0.363. The van der Waals surface area contributed by atoms with Crippen molar-refractivity contribution in [1.82, 2.24) is 15.5 Å². The molecule has 1 aromatic carbocycles. The van der Waals surface area contributed by atoms with Gasteiger partial charge in [-0.15, -0.1) is 16.8 Å². The third-order valence-electron chi connectivity index (χ3n) is 2.34. The third-order valence-corrected chi connectivity index (χ3v) is 3.18. The SMILES string of the molecule is C=CCNC(=O)Nc1nnc(Cc2cccc(F)c2)s1. The maximum absolute atomic E-state index is 13.1. The lowest BCUT2D eigenvalue weighted by Gasteiger charge is -2.00. The fraction of sp³-hybridized carbons (Fsp3) is 0.154. The van der Waals surface area contributed by atoms with E-state index in [0.717, 1.165) is 5.56 Å². The molecule has 0 radical (unpaired) electrons. The van der Waals surface area contributed by atoms with Crippen molar-refractivity contribution in [1.29, 1.82) is 0 Å². The molecule has 0 atom stereocenters. The molecule has 2 amide bonds. The van der Waals surface area contributed by atoms with E-state index in [0.29, 0.717) is 23.1 Å². The van der Waals surface area contributed by atoms with E-state index in [1.807, 2.05) is 6.07 Å². The number of aromatic nitrogens is 2. The molecule has 0 fully saturated rings. The summed E-state index contributed by atoms with van der Waals surface area (Å²) < 4.78 is 13.1. The first-order valence-electron chi connectivity index (χ1n) is 5.90. The Morgan fingerprint density at radius 3 is 3.05 bits per heavy atom. The van der Waals surface area contributed by atoms with Crippen LogP contribution in [0.2, 0.25) is 0 Å². The first-order chi connectivity index (χ1) is 9.67. The maximum atomic E-state index is 13.1. The van der Waals surface area contributed by atoms with E-state index in [1.165, 1.54) is 23.5 Å². The number of carbonyl (C=O) groups is 1. The quantitative estimate of drug-likeness (QED) is 0.832. The maximum Gasteiger partial charge on any atom is 0.321 e. The Hall–Kier alpha value is -2.28. The van der Waals surface area contributed by atoms with Gasteiger partial charge in [0.1, 0.15) is 10.8 Å². The van der Waals surface area contributed by atoms with Gasteiger partial charge in [-0.2, -0.15) is 0 Å². The molecule has 0 aliphatic carbocycles. The van der Waals surface area contributed by atoms with Crippen LogP contribution in [0.5, 0.6) is 0 Å². The van der Waals surface area contributed by atoms with Gasteiger partial charge >= 0.3 is 6.03 Å². The second kappa shape index (κ2) is 6.76. The number of nitrogens with one attached hydrogen (secondary N) is 2. The molecule has 1 heterocycles. The van der Waals surface area contributed by atoms with Crippen LogP contribution in [0, 0.1) is 5.82 Å². The van der Waals surface area contributed by atoms with Gasteiger partial charge in [0.05, 0.1) is 0 Å². The Kier molecular flexibility index (Phi) is 4.78. The molecule has 20 heavy (non-hydrogen) atoms. The molecule has 0 saturated carbocycles. The molecule has 0 saturated heterocycles. The summed E-state index contributed by atoms with van der Waals surface area (Å²) in [5.41, 5.74) is 0.809. The zero-order valence-corrected chi connectivity index (χ0v) is 11.4. The number of amides is 2. The molecule has 0 spiro atoms. The fourth-order valence-corrected chi connectivity index (χ4v) is 2.27. The summed E-state index contributed by atoms with van der Waals surface area (Å²) in [6, 6.07) is 5.94. The second-order valence-electron chi connectivity index (χ2n) is 3.93. The zero-order chi connectivity index (χ0) is 14.4. The average molecular weight is 292 g/mol. The number of hydrogen-bond acceptors (Lipinski definition) is 4. The lowest BCUT2D eigenvalue weighted by molar-refractivity contribution is 0.253. The molecule has 2 rings (SSSR count). The minimum Gasteiger partial charge on any atom is -0.334 e. The number of anilines is 1. The molecule has 0 aliphatic heterocycles. The van der Waals surface area contributed by atoms with E-state index in [2.05, 4.69) is 27.4 Å². The van der Waals surface area contributed by atoms with Crippen LogP contribution in [0.1, 0.15) is 10.6 Å². The van der Waals surface area contributed by atoms with Gasteiger partial charge < -0.3 is 5.32 Å². The first kappa shape index (κ1) is 14.1. The van der Waals surface area contributed by atoms with E-state index >= 15 is 0 Å². The molecule has 0 unspecified atom stereocenters. The van der Waals surface area contributed by atoms with Crippen LogP contribution in [0.4, 0.5) is 14.3 Å². The Labute approximate surface area is 119 Å². The number of rotatable bonds is 5. The Bertz CT molecular complexity index is 614. The fourth-order valence-electron chi connectivity index (χ4n) is 1.50. The summed E-state index contributed by atoms with van der Waals surface area (Å²) in [5, 5.41) is 14.1. The summed E-state index contributed by atoms with van der Waals surface area (Å²) in [6.45, 7) is 3.88. The van der Waals surface area contributed by atoms with Gasteiger partial charge in [-0.05, 0) is 17.7 Å². The van der Waals surface area contributed by atoms with Crippen LogP contribution in [-0.4, -0.2) is 22.8 Å². The van der Waals surface area contributed by atoms with Gasteiger partial charge in [0.2, 0.25) is 5.13 Å². The number of halogens is 1. The third kappa shape index (κ3) is 4.13. The summed E-state index contributed by atoms with van der Waals surface area (Å²) in [6.07, 6.45) is 2.06. The Balaban J connectivity index is 1.95. The van der Waals surface area contributed by atoms with Gasteiger partial charge in [-0.3, -0.25) is 5.32 Å². The van der Waals surface area contributed by atoms with E-state index in [9.17, 15) is 9.18 Å². The molecule has 2 aromatic rings. The molecule has 5 nitrogen and oxygen atoms in total. The number of urea groups is 1. The Morgan fingerprint density at radius 2 is 2.30 bits per heavy atom. The van der Waals surface area contributed by atoms with Crippen LogP contribution in [0.15, 0.2) is 36.9 Å². The van der Waals surface area contributed by atoms with Crippen molar-refractivity contribution in [2.24, 2.45) is 0 Å². The lowest BCUT2D eigenvalue weighted by Crippen LogP contribution is -2.28. The first-order valence-corrected chi connectivity index (χ1v) is 6.71. The van der Waals surface area contributed by atoms with Crippen molar-refractivity contribution in [3.05, 3.63) is 53.3 Å². The molecule has 104 valence electrons. The Morgan fingerprint density at radius 1 is 1.45 bits per heavy atom. The van der Waals surface area contributed by atoms with Crippen molar-refractivity contribution in [2.75, 3.05) is 11.9 Å². The topological polar surface area (TPSA) is 66.9 Å².